The molecular formula is C20H23ClN2O4S. The second-order valence-electron chi connectivity index (χ2n) is 6.85. The summed E-state index contributed by atoms with van der Waals surface area (Å²) >= 11 is 6.14. The number of ether oxygens (including phenoxy) is 1. The van der Waals surface area contributed by atoms with Crippen molar-refractivity contribution in [2.45, 2.75) is 25.2 Å². The molecule has 1 fully saturated rings. The van der Waals surface area contributed by atoms with E-state index >= 15 is 0 Å². The van der Waals surface area contributed by atoms with Crippen LogP contribution in [-0.2, 0) is 10.0 Å². The Labute approximate surface area is 170 Å². The van der Waals surface area contributed by atoms with Gasteiger partial charge in [-0.15, -0.1) is 0 Å². The molecule has 1 N–H and O–H groups in total. The topological polar surface area (TPSA) is 75.7 Å². The van der Waals surface area contributed by atoms with Crippen LogP contribution in [0.5, 0.6) is 5.75 Å². The average Bonchev–Trinajstić information content (AvgIpc) is 3.09. The minimum Gasteiger partial charge on any atom is -0.494 e. The van der Waals surface area contributed by atoms with Gasteiger partial charge in [0.15, 0.2) is 0 Å². The summed E-state index contributed by atoms with van der Waals surface area (Å²) in [5.41, 5.74) is 0.690. The van der Waals surface area contributed by atoms with Crippen molar-refractivity contribution in [3.8, 4) is 5.75 Å². The predicted octanol–water partition coefficient (Wildman–Crippen LogP) is 4.02. The average molecular weight is 423 g/mol. The molecular weight excluding hydrogens is 400 g/mol. The van der Waals surface area contributed by atoms with Crippen LogP contribution in [0.3, 0.4) is 0 Å². The SMILES string of the molecule is CCOc1ccc(NS(=O)(=O)c2cc(C(=O)N3CCC(C)C3)ccc2Cl)cc1. The third-order valence-corrected chi connectivity index (χ3v) is 6.46. The van der Waals surface area contributed by atoms with Gasteiger partial charge in [0.1, 0.15) is 10.6 Å². The van der Waals surface area contributed by atoms with Crippen molar-refractivity contribution in [3.63, 3.8) is 0 Å². The fourth-order valence-corrected chi connectivity index (χ4v) is 4.73. The van der Waals surface area contributed by atoms with Gasteiger partial charge in [0.05, 0.1) is 11.6 Å². The Hall–Kier alpha value is -2.25. The van der Waals surface area contributed by atoms with E-state index in [9.17, 15) is 13.2 Å². The van der Waals surface area contributed by atoms with E-state index in [-0.39, 0.29) is 15.8 Å². The van der Waals surface area contributed by atoms with Crippen molar-refractivity contribution in [2.24, 2.45) is 5.92 Å². The van der Waals surface area contributed by atoms with Gasteiger partial charge < -0.3 is 9.64 Å². The maximum atomic E-state index is 12.8. The highest BCUT2D eigenvalue weighted by Gasteiger charge is 2.26. The first-order valence-corrected chi connectivity index (χ1v) is 11.0. The first-order chi connectivity index (χ1) is 13.3. The van der Waals surface area contributed by atoms with Crippen molar-refractivity contribution in [1.29, 1.82) is 0 Å². The minimum absolute atomic E-state index is 0.0600. The molecule has 1 amide bonds. The predicted molar refractivity (Wildman–Crippen MR) is 110 cm³/mol. The molecule has 8 heteroatoms. The maximum absolute atomic E-state index is 12.8. The molecule has 2 aromatic rings. The van der Waals surface area contributed by atoms with Gasteiger partial charge in [0.2, 0.25) is 0 Å². The molecule has 3 rings (SSSR count). The van der Waals surface area contributed by atoms with Gasteiger partial charge in [-0.2, -0.15) is 0 Å². The molecule has 6 nitrogen and oxygen atoms in total. The van der Waals surface area contributed by atoms with Gasteiger partial charge in [-0.05, 0) is 61.7 Å². The van der Waals surface area contributed by atoms with Crippen LogP contribution in [0.2, 0.25) is 5.02 Å². The number of anilines is 1. The van der Waals surface area contributed by atoms with Gasteiger partial charge in [-0.3, -0.25) is 9.52 Å². The lowest BCUT2D eigenvalue weighted by atomic mass is 10.2. The molecule has 150 valence electrons. The molecule has 0 bridgehead atoms. The normalized spacial score (nSPS) is 16.8. The number of sulfonamides is 1. The lowest BCUT2D eigenvalue weighted by Gasteiger charge is -2.17. The van der Waals surface area contributed by atoms with Crippen molar-refractivity contribution in [3.05, 3.63) is 53.1 Å². The van der Waals surface area contributed by atoms with E-state index in [4.69, 9.17) is 16.3 Å². The molecule has 1 heterocycles. The molecule has 1 saturated heterocycles. The molecule has 2 aromatic carbocycles. The molecule has 0 spiro atoms. The highest BCUT2D eigenvalue weighted by atomic mass is 35.5. The number of carbonyl (C=O) groups is 1. The molecule has 0 saturated carbocycles. The number of amides is 1. The van der Waals surface area contributed by atoms with Crippen LogP contribution in [0, 0.1) is 5.92 Å². The first kappa shape index (κ1) is 20.5. The Balaban J connectivity index is 1.83. The van der Waals surface area contributed by atoms with Crippen molar-refractivity contribution >= 4 is 33.2 Å². The van der Waals surface area contributed by atoms with Gasteiger partial charge in [-0.1, -0.05) is 18.5 Å². The molecule has 1 aliphatic rings. The van der Waals surface area contributed by atoms with E-state index in [0.29, 0.717) is 42.6 Å². The van der Waals surface area contributed by atoms with Crippen LogP contribution in [0.25, 0.3) is 0 Å². The van der Waals surface area contributed by atoms with Crippen LogP contribution < -0.4 is 9.46 Å². The van der Waals surface area contributed by atoms with Gasteiger partial charge in [-0.25, -0.2) is 8.42 Å². The van der Waals surface area contributed by atoms with Crippen molar-refractivity contribution in [2.75, 3.05) is 24.4 Å². The van der Waals surface area contributed by atoms with Crippen LogP contribution in [0.1, 0.15) is 30.6 Å². The lowest BCUT2D eigenvalue weighted by Crippen LogP contribution is -2.28. The van der Waals surface area contributed by atoms with E-state index in [1.165, 1.54) is 12.1 Å². The Morgan fingerprint density at radius 1 is 1.25 bits per heavy atom. The summed E-state index contributed by atoms with van der Waals surface area (Å²) < 4.78 is 33.5. The zero-order valence-corrected chi connectivity index (χ0v) is 17.4. The van der Waals surface area contributed by atoms with Crippen LogP contribution in [0.4, 0.5) is 5.69 Å². The Morgan fingerprint density at radius 3 is 2.57 bits per heavy atom. The molecule has 0 aliphatic carbocycles. The molecule has 28 heavy (non-hydrogen) atoms. The van der Waals surface area contributed by atoms with Crippen LogP contribution in [-0.4, -0.2) is 38.9 Å². The number of nitrogens with zero attached hydrogens (tertiary/aromatic N) is 1. The number of rotatable bonds is 6. The van der Waals surface area contributed by atoms with E-state index in [2.05, 4.69) is 11.6 Å². The fraction of sp³-hybridized carbons (Fsp3) is 0.350. The Kier molecular flexibility index (Phi) is 6.15. The Bertz CT molecular complexity index is 961. The largest absolute Gasteiger partial charge is 0.494 e. The third-order valence-electron chi connectivity index (χ3n) is 4.60. The summed E-state index contributed by atoms with van der Waals surface area (Å²) in [6.45, 7) is 5.84. The van der Waals surface area contributed by atoms with E-state index in [1.807, 2.05) is 6.92 Å². The standard InChI is InChI=1S/C20H23ClN2O4S/c1-3-27-17-7-5-16(6-8-17)22-28(25,26)19-12-15(4-9-18(19)21)20(24)23-11-10-14(2)13-23/h4-9,12,14,22H,3,10-11,13H2,1-2H3. The number of likely N-dealkylation sites (tertiary alicyclic amines) is 1. The summed E-state index contributed by atoms with van der Waals surface area (Å²) in [6.07, 6.45) is 0.948. The highest BCUT2D eigenvalue weighted by Crippen LogP contribution is 2.27. The number of carbonyl (C=O) groups excluding carboxylic acids is 1. The van der Waals surface area contributed by atoms with Gasteiger partial charge in [0, 0.05) is 24.3 Å². The van der Waals surface area contributed by atoms with Crippen molar-refractivity contribution in [1.82, 2.24) is 4.90 Å². The number of hydrogen-bond acceptors (Lipinski definition) is 4. The summed E-state index contributed by atoms with van der Waals surface area (Å²) in [4.78, 5) is 14.3. The Morgan fingerprint density at radius 2 is 1.96 bits per heavy atom. The van der Waals surface area contributed by atoms with Crippen LogP contribution >= 0.6 is 11.6 Å². The van der Waals surface area contributed by atoms with Gasteiger partial charge >= 0.3 is 0 Å². The number of nitrogens with one attached hydrogen (secondary N) is 1. The molecule has 0 aromatic heterocycles. The van der Waals surface area contributed by atoms with E-state index < -0.39 is 10.0 Å². The molecule has 1 unspecified atom stereocenters. The summed E-state index contributed by atoms with van der Waals surface area (Å²) in [7, 11) is -3.95. The highest BCUT2D eigenvalue weighted by molar-refractivity contribution is 7.92. The van der Waals surface area contributed by atoms with E-state index in [0.717, 1.165) is 6.42 Å². The minimum atomic E-state index is -3.95. The second kappa shape index (κ2) is 8.41. The molecule has 1 atom stereocenters. The van der Waals surface area contributed by atoms with Crippen molar-refractivity contribution < 1.29 is 17.9 Å². The maximum Gasteiger partial charge on any atom is 0.263 e. The number of hydrogen-bond donors (Lipinski definition) is 1. The zero-order chi connectivity index (χ0) is 20.3. The first-order valence-electron chi connectivity index (χ1n) is 9.14. The fourth-order valence-electron chi connectivity index (χ4n) is 3.14. The second-order valence-corrected chi connectivity index (χ2v) is 8.91. The summed E-state index contributed by atoms with van der Waals surface area (Å²) in [5.74, 6) is 0.912. The van der Waals surface area contributed by atoms with Gasteiger partial charge in [0.25, 0.3) is 15.9 Å². The zero-order valence-electron chi connectivity index (χ0n) is 15.8. The molecule has 1 aliphatic heterocycles. The summed E-state index contributed by atoms with van der Waals surface area (Å²) in [6, 6.07) is 10.9. The smallest absolute Gasteiger partial charge is 0.263 e. The van der Waals surface area contributed by atoms with Crippen LogP contribution in [0.15, 0.2) is 47.4 Å². The lowest BCUT2D eigenvalue weighted by molar-refractivity contribution is 0.0788. The number of benzene rings is 2. The summed E-state index contributed by atoms with van der Waals surface area (Å²) in [5, 5.41) is 0.0600. The quantitative estimate of drug-likeness (QED) is 0.762. The van der Waals surface area contributed by atoms with E-state index in [1.54, 1.807) is 35.2 Å². The third kappa shape index (κ3) is 4.59. The number of halogens is 1. The monoisotopic (exact) mass is 422 g/mol. The molecule has 0 radical (unpaired) electrons.